The van der Waals surface area contributed by atoms with Crippen molar-refractivity contribution in [2.24, 2.45) is 23.5 Å². The summed E-state index contributed by atoms with van der Waals surface area (Å²) in [5.74, 6) is -4.98. The van der Waals surface area contributed by atoms with Crippen LogP contribution in [0.3, 0.4) is 0 Å². The first kappa shape index (κ1) is 46.3. The second kappa shape index (κ2) is 23.3. The highest BCUT2D eigenvalue weighted by molar-refractivity contribution is 5.96. The van der Waals surface area contributed by atoms with Crippen molar-refractivity contribution in [3.05, 3.63) is 35.4 Å². The van der Waals surface area contributed by atoms with Crippen LogP contribution >= 0.6 is 0 Å². The van der Waals surface area contributed by atoms with Crippen molar-refractivity contribution in [3.63, 3.8) is 0 Å². The fourth-order valence-corrected chi connectivity index (χ4v) is 7.71. The van der Waals surface area contributed by atoms with Gasteiger partial charge in [0.15, 0.2) is 0 Å². The standard InChI is InChI=1S/C42H68N6O8/c1-7-8-9-13-16-34-31(22-21-29-19-17-27(4)18-20-29)42(55)48(6)33(23-26(2)3)39(52)47-37(30-14-11-10-12-15-30)41(54)45-32(24-43)38(51)46-36(28(5)49)40(53)44-25-35(50)56-34/h17-20,26,28,30-34,36-37,49H,7-16,21-25,43H2,1-6H3,(H,44,53)(H,45,54)(H,46,51)(H,47,52)/t28?,31-,32+,33+,34-,36+,37+/m1/s1. The molecule has 5 amide bonds. The molecular formula is C42H68N6O8. The number of nitrogens with zero attached hydrogens (tertiary/aromatic N) is 1. The van der Waals surface area contributed by atoms with Gasteiger partial charge < -0.3 is 41.7 Å². The number of cyclic esters (lactones) is 1. The third-order valence-corrected chi connectivity index (χ3v) is 11.1. The molecule has 1 aromatic carbocycles. The first-order chi connectivity index (χ1) is 26.7. The summed E-state index contributed by atoms with van der Waals surface area (Å²) < 4.78 is 6.07. The van der Waals surface area contributed by atoms with Crippen LogP contribution in [0.25, 0.3) is 0 Å². The van der Waals surface area contributed by atoms with Crippen LogP contribution in [-0.4, -0.2) is 102 Å². The molecule has 14 nitrogen and oxygen atoms in total. The smallest absolute Gasteiger partial charge is 0.325 e. The third kappa shape index (κ3) is 14.2. The molecule has 1 saturated heterocycles. The lowest BCUT2D eigenvalue weighted by molar-refractivity contribution is -0.158. The molecule has 1 unspecified atom stereocenters. The molecule has 1 heterocycles. The first-order valence-corrected chi connectivity index (χ1v) is 20.7. The number of benzene rings is 1. The van der Waals surface area contributed by atoms with E-state index in [2.05, 4.69) is 28.2 Å². The van der Waals surface area contributed by atoms with E-state index in [4.69, 9.17) is 10.5 Å². The van der Waals surface area contributed by atoms with Crippen molar-refractivity contribution in [1.29, 1.82) is 0 Å². The van der Waals surface area contributed by atoms with E-state index in [-0.39, 0.29) is 24.3 Å². The van der Waals surface area contributed by atoms with Crippen LogP contribution in [0.4, 0.5) is 0 Å². The van der Waals surface area contributed by atoms with Crippen molar-refractivity contribution in [2.45, 2.75) is 154 Å². The number of rotatable bonds is 13. The summed E-state index contributed by atoms with van der Waals surface area (Å²) in [5.41, 5.74) is 8.05. The molecule has 0 spiro atoms. The largest absolute Gasteiger partial charge is 0.460 e. The van der Waals surface area contributed by atoms with Crippen molar-refractivity contribution in [3.8, 4) is 0 Å². The number of ether oxygens (including phenoxy) is 1. The minimum Gasteiger partial charge on any atom is -0.460 e. The summed E-state index contributed by atoms with van der Waals surface area (Å²) in [6, 6.07) is 3.24. The van der Waals surface area contributed by atoms with Crippen molar-refractivity contribution in [1.82, 2.24) is 26.2 Å². The van der Waals surface area contributed by atoms with Crippen molar-refractivity contribution < 1.29 is 38.6 Å². The Morgan fingerprint density at radius 1 is 0.857 bits per heavy atom. The number of carbonyl (C=O) groups is 6. The quantitative estimate of drug-likeness (QED) is 0.128. The lowest BCUT2D eigenvalue weighted by Gasteiger charge is -2.36. The molecule has 3 rings (SSSR count). The molecule has 2 aliphatic rings. The number of aliphatic hydroxyl groups excluding tert-OH is 1. The van der Waals surface area contributed by atoms with Gasteiger partial charge in [0, 0.05) is 13.6 Å². The average Bonchev–Trinajstić information content (AvgIpc) is 3.17. The molecule has 1 aliphatic heterocycles. The summed E-state index contributed by atoms with van der Waals surface area (Å²) >= 11 is 0. The lowest BCUT2D eigenvalue weighted by atomic mass is 9.83. The maximum absolute atomic E-state index is 14.9. The average molecular weight is 785 g/mol. The highest BCUT2D eigenvalue weighted by Crippen LogP contribution is 2.29. The molecule has 56 heavy (non-hydrogen) atoms. The molecule has 2 fully saturated rings. The SMILES string of the molecule is CCCCCC[C@H]1OC(=O)CNC(=O)[C@H](C(C)O)NC(=O)[C@H](CN)NC(=O)[C@H](C2CCCCC2)NC(=O)[C@H](CC(C)C)N(C)C(=O)[C@@H]1CCc1ccc(C)cc1. The summed E-state index contributed by atoms with van der Waals surface area (Å²) in [6.45, 7) is 8.39. The number of likely N-dealkylation sites (N-methyl/N-ethyl adjacent to an activating group) is 1. The maximum Gasteiger partial charge on any atom is 0.325 e. The number of carbonyl (C=O) groups excluding carboxylic acids is 6. The number of aliphatic hydroxyl groups is 1. The van der Waals surface area contributed by atoms with E-state index < -0.39 is 78.4 Å². The Kier molecular flexibility index (Phi) is 19.2. The molecule has 0 aromatic heterocycles. The van der Waals surface area contributed by atoms with E-state index in [1.165, 1.54) is 11.8 Å². The lowest BCUT2D eigenvalue weighted by Crippen LogP contribution is -2.62. The van der Waals surface area contributed by atoms with Gasteiger partial charge in [0.2, 0.25) is 29.5 Å². The third-order valence-electron chi connectivity index (χ3n) is 11.1. The van der Waals surface area contributed by atoms with E-state index in [1.807, 2.05) is 45.0 Å². The fourth-order valence-electron chi connectivity index (χ4n) is 7.71. The van der Waals surface area contributed by atoms with E-state index in [1.54, 1.807) is 7.05 Å². The Hall–Kier alpha value is -4.04. The molecule has 7 N–H and O–H groups in total. The number of amides is 5. The second-order valence-corrected chi connectivity index (χ2v) is 16.2. The van der Waals surface area contributed by atoms with Gasteiger partial charge in [-0.25, -0.2) is 0 Å². The van der Waals surface area contributed by atoms with Crippen LogP contribution in [0.2, 0.25) is 0 Å². The summed E-state index contributed by atoms with van der Waals surface area (Å²) in [7, 11) is 1.59. The zero-order valence-electron chi connectivity index (χ0n) is 34.4. The van der Waals surface area contributed by atoms with Gasteiger partial charge >= 0.3 is 5.97 Å². The molecule has 1 aliphatic carbocycles. The van der Waals surface area contributed by atoms with E-state index in [9.17, 15) is 33.9 Å². The number of aryl methyl sites for hydroxylation is 2. The minimum absolute atomic E-state index is 0.00553. The zero-order chi connectivity index (χ0) is 41.4. The summed E-state index contributed by atoms with van der Waals surface area (Å²) in [4.78, 5) is 85.1. The number of esters is 1. The van der Waals surface area contributed by atoms with E-state index in [0.29, 0.717) is 44.9 Å². The normalized spacial score (nSPS) is 26.3. The highest BCUT2D eigenvalue weighted by atomic mass is 16.5. The summed E-state index contributed by atoms with van der Waals surface area (Å²) in [5, 5.41) is 21.1. The van der Waals surface area contributed by atoms with Crippen molar-refractivity contribution >= 4 is 35.5 Å². The molecule has 314 valence electrons. The first-order valence-electron chi connectivity index (χ1n) is 20.7. The molecule has 14 heteroatoms. The van der Waals surface area contributed by atoms with Gasteiger partial charge in [-0.3, -0.25) is 28.8 Å². The number of nitrogens with two attached hydrogens (primary N) is 1. The molecule has 1 saturated carbocycles. The van der Waals surface area contributed by atoms with Gasteiger partial charge in [0.05, 0.1) is 12.0 Å². The van der Waals surface area contributed by atoms with Crippen LogP contribution in [0.5, 0.6) is 0 Å². The van der Waals surface area contributed by atoms with E-state index >= 15 is 0 Å². The summed E-state index contributed by atoms with van der Waals surface area (Å²) in [6.07, 6.45) is 6.84. The van der Waals surface area contributed by atoms with Gasteiger partial charge in [-0.2, -0.15) is 0 Å². The monoisotopic (exact) mass is 785 g/mol. The molecule has 0 radical (unpaired) electrons. The number of nitrogens with one attached hydrogen (secondary N) is 4. The Morgan fingerprint density at radius 3 is 2.14 bits per heavy atom. The van der Waals surface area contributed by atoms with Crippen LogP contribution in [0, 0.1) is 24.7 Å². The van der Waals surface area contributed by atoms with Gasteiger partial charge in [-0.1, -0.05) is 89.1 Å². The number of hydrogen-bond acceptors (Lipinski definition) is 9. The topological polar surface area (TPSA) is 209 Å². The highest BCUT2D eigenvalue weighted by Gasteiger charge is 2.40. The van der Waals surface area contributed by atoms with Gasteiger partial charge in [-0.05, 0) is 76.2 Å². The minimum atomic E-state index is -1.49. The Morgan fingerprint density at radius 2 is 1.54 bits per heavy atom. The van der Waals surface area contributed by atoms with Gasteiger partial charge in [0.25, 0.3) is 0 Å². The fraction of sp³-hybridized carbons (Fsp3) is 0.714. The van der Waals surface area contributed by atoms with Crippen LogP contribution < -0.4 is 27.0 Å². The Balaban J connectivity index is 2.13. The van der Waals surface area contributed by atoms with E-state index in [0.717, 1.165) is 49.7 Å². The Bertz CT molecular complexity index is 1450. The van der Waals surface area contributed by atoms with Crippen LogP contribution in [0.1, 0.15) is 116 Å². The van der Waals surface area contributed by atoms with Gasteiger partial charge in [-0.15, -0.1) is 0 Å². The second-order valence-electron chi connectivity index (χ2n) is 16.2. The van der Waals surface area contributed by atoms with Crippen molar-refractivity contribution in [2.75, 3.05) is 20.1 Å². The number of hydrogen-bond donors (Lipinski definition) is 6. The number of unbranched alkanes of at least 4 members (excludes halogenated alkanes) is 3. The molecular weight excluding hydrogens is 716 g/mol. The predicted octanol–water partition coefficient (Wildman–Crippen LogP) is 2.80. The predicted molar refractivity (Wildman–Crippen MR) is 214 cm³/mol. The molecule has 1 aromatic rings. The Labute approximate surface area is 333 Å². The molecule has 7 atom stereocenters. The molecule has 0 bridgehead atoms. The zero-order valence-corrected chi connectivity index (χ0v) is 34.4. The van der Waals surface area contributed by atoms with Crippen LogP contribution in [0.15, 0.2) is 24.3 Å². The van der Waals surface area contributed by atoms with Gasteiger partial charge in [0.1, 0.15) is 36.8 Å². The van der Waals surface area contributed by atoms with Crippen LogP contribution in [-0.2, 0) is 39.9 Å². The maximum atomic E-state index is 14.9.